The van der Waals surface area contributed by atoms with Gasteiger partial charge in [-0.25, -0.2) is 4.79 Å². The molecule has 0 N–H and O–H groups in total. The van der Waals surface area contributed by atoms with Crippen LogP contribution in [0, 0.1) is 0 Å². The summed E-state index contributed by atoms with van der Waals surface area (Å²) >= 11 is 8.71. The van der Waals surface area contributed by atoms with Crippen molar-refractivity contribution in [3.05, 3.63) is 24.7 Å². The number of hydrogen-bond acceptors (Lipinski definition) is 3. The maximum atomic E-state index is 10.8. The van der Waals surface area contributed by atoms with Crippen LogP contribution >= 0.6 is 90.4 Å². The number of allylic oxidation sites excluding steroid dienone is 2. The fourth-order valence-electron chi connectivity index (χ4n) is 0.336. The standard InChI is InChI=1S/C7H6I4O3/c8-5(9)1-3-13-7(12)14-4-2-6(10)11/h1-6H. The Morgan fingerprint density at radius 2 is 1.29 bits per heavy atom. The maximum absolute atomic E-state index is 10.8. The topological polar surface area (TPSA) is 35.5 Å². The van der Waals surface area contributed by atoms with Crippen LogP contribution in [0.25, 0.3) is 0 Å². The fourth-order valence-corrected chi connectivity index (χ4v) is 1.01. The Bertz CT molecular complexity index is 203. The van der Waals surface area contributed by atoms with Crippen LogP contribution in [-0.2, 0) is 9.47 Å². The van der Waals surface area contributed by atoms with Gasteiger partial charge in [0.05, 0.1) is 16.4 Å². The molecule has 0 unspecified atom stereocenters. The van der Waals surface area contributed by atoms with Gasteiger partial charge in [0.1, 0.15) is 0 Å². The maximum Gasteiger partial charge on any atom is 0.518 e. The number of alkyl halides is 4. The molecular formula is C7H6I4O3. The number of halogens is 4. The lowest BCUT2D eigenvalue weighted by molar-refractivity contribution is 0.119. The van der Waals surface area contributed by atoms with E-state index in [1.54, 1.807) is 12.2 Å². The largest absolute Gasteiger partial charge is 0.518 e. The molecule has 80 valence electrons. The van der Waals surface area contributed by atoms with Crippen LogP contribution in [0.3, 0.4) is 0 Å². The van der Waals surface area contributed by atoms with Crippen LogP contribution in [0.1, 0.15) is 0 Å². The minimum absolute atomic E-state index is 0.293. The first-order valence-corrected chi connectivity index (χ1v) is 8.27. The lowest BCUT2D eigenvalue weighted by Crippen LogP contribution is -1.98. The van der Waals surface area contributed by atoms with Gasteiger partial charge in [-0.05, 0) is 12.2 Å². The predicted molar refractivity (Wildman–Crippen MR) is 89.5 cm³/mol. The van der Waals surface area contributed by atoms with Crippen molar-refractivity contribution in [2.24, 2.45) is 0 Å². The van der Waals surface area contributed by atoms with Gasteiger partial charge in [-0.15, -0.1) is 0 Å². The Balaban J connectivity index is 3.66. The minimum atomic E-state index is -0.723. The number of carbonyl (C=O) groups excluding carboxylic acids is 1. The van der Waals surface area contributed by atoms with Gasteiger partial charge in [-0.1, -0.05) is 90.4 Å². The molecule has 7 heteroatoms. The van der Waals surface area contributed by atoms with Crippen molar-refractivity contribution < 1.29 is 14.3 Å². The summed E-state index contributed by atoms with van der Waals surface area (Å²) in [6.45, 7) is 0. The molecule has 0 spiro atoms. The van der Waals surface area contributed by atoms with Crippen LogP contribution in [0.4, 0.5) is 4.79 Å². The van der Waals surface area contributed by atoms with Gasteiger partial charge >= 0.3 is 6.16 Å². The molecule has 0 amide bonds. The third-order valence-corrected chi connectivity index (χ3v) is 2.44. The van der Waals surface area contributed by atoms with Gasteiger partial charge in [0, 0.05) is 0 Å². The van der Waals surface area contributed by atoms with Gasteiger partial charge in [-0.2, -0.15) is 0 Å². The summed E-state index contributed by atoms with van der Waals surface area (Å²) < 4.78 is 9.84. The molecular weight excluding hydrogens is 640 g/mol. The summed E-state index contributed by atoms with van der Waals surface area (Å²) in [6.07, 6.45) is 5.41. The zero-order chi connectivity index (χ0) is 11.0. The normalized spacial score (nSPS) is 11.9. The first-order chi connectivity index (χ1) is 6.52. The summed E-state index contributed by atoms with van der Waals surface area (Å²) in [5, 5.41) is 0. The number of carbonyl (C=O) groups is 1. The van der Waals surface area contributed by atoms with E-state index in [9.17, 15) is 4.79 Å². The second-order valence-corrected chi connectivity index (χ2v) is 11.9. The Labute approximate surface area is 137 Å². The first-order valence-electron chi connectivity index (χ1n) is 3.29. The first kappa shape index (κ1) is 15.7. The van der Waals surface area contributed by atoms with Crippen molar-refractivity contribution >= 4 is 96.5 Å². The van der Waals surface area contributed by atoms with Gasteiger partial charge in [0.15, 0.2) is 0 Å². The second-order valence-electron chi connectivity index (χ2n) is 1.81. The highest BCUT2D eigenvalue weighted by Gasteiger charge is 1.98. The molecule has 0 aliphatic rings. The highest BCUT2D eigenvalue weighted by atomic mass is 127. The van der Waals surface area contributed by atoms with E-state index in [1.165, 1.54) is 12.5 Å². The van der Waals surface area contributed by atoms with E-state index < -0.39 is 6.16 Å². The molecule has 0 atom stereocenters. The van der Waals surface area contributed by atoms with E-state index in [-0.39, 0.29) is 0 Å². The quantitative estimate of drug-likeness (QED) is 0.195. The zero-order valence-corrected chi connectivity index (χ0v) is 15.3. The van der Waals surface area contributed by atoms with Crippen molar-refractivity contribution in [2.75, 3.05) is 0 Å². The third-order valence-electron chi connectivity index (χ3n) is 0.777. The summed E-state index contributed by atoms with van der Waals surface area (Å²) in [6, 6.07) is 0. The van der Waals surface area contributed by atoms with E-state index in [1.807, 2.05) is 0 Å². The zero-order valence-electron chi connectivity index (χ0n) is 6.70. The van der Waals surface area contributed by atoms with Crippen molar-refractivity contribution in [3.8, 4) is 0 Å². The van der Waals surface area contributed by atoms with Crippen molar-refractivity contribution in [1.29, 1.82) is 0 Å². The van der Waals surface area contributed by atoms with Gasteiger partial charge in [0.25, 0.3) is 0 Å². The number of hydrogen-bond donors (Lipinski definition) is 0. The lowest BCUT2D eigenvalue weighted by Gasteiger charge is -1.96. The Hall–Kier alpha value is 1.67. The van der Waals surface area contributed by atoms with Crippen molar-refractivity contribution in [3.63, 3.8) is 0 Å². The molecule has 0 saturated carbocycles. The highest BCUT2D eigenvalue weighted by Crippen LogP contribution is 2.11. The minimum Gasteiger partial charge on any atom is -0.403 e. The molecule has 0 aromatic heterocycles. The van der Waals surface area contributed by atoms with Crippen molar-refractivity contribution in [2.45, 2.75) is 3.86 Å². The van der Waals surface area contributed by atoms with E-state index in [4.69, 9.17) is 0 Å². The molecule has 0 bridgehead atoms. The smallest absolute Gasteiger partial charge is 0.403 e. The average Bonchev–Trinajstić information content (AvgIpc) is 2.02. The Morgan fingerprint density at radius 1 is 0.929 bits per heavy atom. The van der Waals surface area contributed by atoms with E-state index in [0.29, 0.717) is 3.86 Å². The van der Waals surface area contributed by atoms with Crippen LogP contribution in [0.5, 0.6) is 0 Å². The predicted octanol–water partition coefficient (Wildman–Crippen LogP) is 4.56. The van der Waals surface area contributed by atoms with Crippen molar-refractivity contribution in [1.82, 2.24) is 0 Å². The monoisotopic (exact) mass is 646 g/mol. The van der Waals surface area contributed by atoms with Crippen LogP contribution < -0.4 is 0 Å². The summed E-state index contributed by atoms with van der Waals surface area (Å²) in [7, 11) is 0. The van der Waals surface area contributed by atoms with E-state index in [0.717, 1.165) is 0 Å². The molecule has 0 radical (unpaired) electrons. The molecule has 14 heavy (non-hydrogen) atoms. The highest BCUT2D eigenvalue weighted by molar-refractivity contribution is 14.2. The Kier molecular flexibility index (Phi) is 11.0. The molecule has 0 aromatic rings. The molecule has 0 fully saturated rings. The molecule has 0 aliphatic carbocycles. The van der Waals surface area contributed by atoms with Gasteiger partial charge < -0.3 is 9.47 Å². The summed E-state index contributed by atoms with van der Waals surface area (Å²) in [4.78, 5) is 10.8. The molecule has 0 saturated heterocycles. The summed E-state index contributed by atoms with van der Waals surface area (Å²) in [5.74, 6) is 0. The van der Waals surface area contributed by atoms with Crippen LogP contribution in [-0.4, -0.2) is 10.0 Å². The number of rotatable bonds is 4. The summed E-state index contributed by atoms with van der Waals surface area (Å²) in [5.41, 5.74) is 0. The molecule has 0 rings (SSSR count). The van der Waals surface area contributed by atoms with Gasteiger partial charge in [-0.3, -0.25) is 0 Å². The molecule has 0 heterocycles. The molecule has 0 aliphatic heterocycles. The molecule has 0 aromatic carbocycles. The SMILES string of the molecule is O=C(OC=CC(I)I)OC=CC(I)I. The fraction of sp³-hybridized carbons (Fsp3) is 0.286. The Morgan fingerprint density at radius 3 is 1.57 bits per heavy atom. The second kappa shape index (κ2) is 9.86. The third kappa shape index (κ3) is 11.7. The average molecular weight is 646 g/mol. The lowest BCUT2D eigenvalue weighted by atomic mass is 10.7. The van der Waals surface area contributed by atoms with E-state index in [2.05, 4.69) is 99.8 Å². The van der Waals surface area contributed by atoms with Crippen LogP contribution in [0.15, 0.2) is 24.7 Å². The number of ether oxygens (including phenoxy) is 2. The van der Waals surface area contributed by atoms with Crippen LogP contribution in [0.2, 0.25) is 0 Å². The van der Waals surface area contributed by atoms with E-state index >= 15 is 0 Å². The van der Waals surface area contributed by atoms with Gasteiger partial charge in [0.2, 0.25) is 0 Å². The molecule has 3 nitrogen and oxygen atoms in total.